The first-order valence-corrected chi connectivity index (χ1v) is 13.0. The van der Waals surface area contributed by atoms with E-state index in [1.165, 1.54) is 6.07 Å². The van der Waals surface area contributed by atoms with Crippen LogP contribution >= 0.6 is 0 Å². The summed E-state index contributed by atoms with van der Waals surface area (Å²) < 4.78 is 35.0. The number of hydrogen-bond acceptors (Lipinski definition) is 7. The minimum absolute atomic E-state index is 0. The summed E-state index contributed by atoms with van der Waals surface area (Å²) in [4.78, 5) is 27.4. The maximum atomic E-state index is 15.2. The summed E-state index contributed by atoms with van der Waals surface area (Å²) >= 11 is 0. The summed E-state index contributed by atoms with van der Waals surface area (Å²) in [6.45, 7) is 19.6. The van der Waals surface area contributed by atoms with Crippen molar-refractivity contribution >= 4 is 39.9 Å². The Morgan fingerprint density at radius 3 is 2.50 bits per heavy atom. The number of pyridine rings is 2. The van der Waals surface area contributed by atoms with Crippen molar-refractivity contribution in [3.05, 3.63) is 61.6 Å². The Bertz CT molecular complexity index is 1360. The summed E-state index contributed by atoms with van der Waals surface area (Å²) in [5.74, 6) is -0.826. The van der Waals surface area contributed by atoms with Gasteiger partial charge in [0.1, 0.15) is 23.1 Å². The molecule has 1 aliphatic rings. The maximum Gasteiger partial charge on any atom is 2.00 e. The summed E-state index contributed by atoms with van der Waals surface area (Å²) in [6.07, 6.45) is 2.99. The number of rotatable bonds is 6. The quantitative estimate of drug-likeness (QED) is 0.314. The van der Waals surface area contributed by atoms with Gasteiger partial charge in [-0.15, -0.1) is 13.1 Å². The fraction of sp³-hybridized carbons (Fsp3) is 0.414. The van der Waals surface area contributed by atoms with Crippen LogP contribution in [0.1, 0.15) is 33.3 Å². The smallest absolute Gasteiger partial charge is 0.444 e. The molecule has 1 amide bonds. The van der Waals surface area contributed by atoms with Gasteiger partial charge in [0.15, 0.2) is 0 Å². The van der Waals surface area contributed by atoms with Crippen LogP contribution in [0.25, 0.3) is 10.9 Å². The number of carbonyl (C=O) groups excluding carboxylic acids is 1. The number of nitrogens with one attached hydrogen (secondary N) is 1. The molecule has 3 aromatic rings. The molecule has 2 aromatic heterocycles. The second-order valence-corrected chi connectivity index (χ2v) is 10.7. The number of benzene rings is 1. The fourth-order valence-corrected chi connectivity index (χ4v) is 4.78. The van der Waals surface area contributed by atoms with Crippen LogP contribution < -0.4 is 15.1 Å². The standard InChI is InChI=1S/C29H36F2N6O2.U/c1-8-35(9-2)22-14-21(15-32-16-22)33-26-19(4)27(34-24-13-20(30)12-23(31)25(24)26)37-11-10-36(17-18(37)3)28(38)39-29(5,6)7;/h12-16,18H,1-2,8-11,17H2,3-7H3,(H,33,34);/q-2;+2/t18-;/m0./s1. The second kappa shape index (κ2) is 12.9. The molecule has 1 atom stereocenters. The molecule has 8 nitrogen and oxygen atoms in total. The Balaban J connectivity index is 0.00000441. The first-order chi connectivity index (χ1) is 18.4. The van der Waals surface area contributed by atoms with Gasteiger partial charge in [-0.1, -0.05) is 0 Å². The maximum absolute atomic E-state index is 15.2. The van der Waals surface area contributed by atoms with Crippen molar-refractivity contribution in [2.75, 3.05) is 47.8 Å². The number of amides is 1. The Labute approximate surface area is 258 Å². The first-order valence-electron chi connectivity index (χ1n) is 13.0. The van der Waals surface area contributed by atoms with E-state index in [2.05, 4.69) is 29.0 Å². The zero-order valence-electron chi connectivity index (χ0n) is 23.7. The number of nitrogens with zero attached hydrogens (tertiary/aromatic N) is 5. The molecule has 0 aliphatic carbocycles. The monoisotopic (exact) mass is 776 g/mol. The van der Waals surface area contributed by atoms with Crippen molar-refractivity contribution in [1.82, 2.24) is 14.9 Å². The molecule has 1 aromatic carbocycles. The largest absolute Gasteiger partial charge is 2.00 e. The molecule has 1 saturated heterocycles. The van der Waals surface area contributed by atoms with Gasteiger partial charge in [-0.2, -0.15) is 0 Å². The summed E-state index contributed by atoms with van der Waals surface area (Å²) in [6, 6.07) is 3.86. The SMILES string of the molecule is [CH2-]CN(C[CH2-])c1cncc(Nc2c(C)c(N3CCN(C(=O)OC(C)(C)C)C[C@@H]3C)nc3cc(F)cc(F)c23)c1.[U+2]. The van der Waals surface area contributed by atoms with E-state index in [1.807, 2.05) is 45.6 Å². The van der Waals surface area contributed by atoms with E-state index in [0.717, 1.165) is 11.8 Å². The zero-order chi connectivity index (χ0) is 28.5. The minimum atomic E-state index is -0.710. The van der Waals surface area contributed by atoms with Crippen molar-refractivity contribution in [3.63, 3.8) is 0 Å². The molecule has 1 N–H and O–H groups in total. The van der Waals surface area contributed by atoms with E-state index in [-0.39, 0.29) is 54.2 Å². The number of fused-ring (bicyclic) bond motifs is 1. The van der Waals surface area contributed by atoms with Crippen molar-refractivity contribution in [2.24, 2.45) is 0 Å². The molecule has 11 heteroatoms. The molecule has 0 bridgehead atoms. The van der Waals surface area contributed by atoms with Crippen molar-refractivity contribution in [1.29, 1.82) is 0 Å². The zero-order valence-corrected chi connectivity index (χ0v) is 27.9. The third kappa shape index (κ3) is 6.98. The van der Waals surface area contributed by atoms with E-state index in [9.17, 15) is 9.18 Å². The average molecular weight is 777 g/mol. The van der Waals surface area contributed by atoms with Gasteiger partial charge in [-0.3, -0.25) is 4.98 Å². The van der Waals surface area contributed by atoms with Crippen LogP contribution in [0.3, 0.4) is 0 Å². The van der Waals surface area contributed by atoms with E-state index in [4.69, 9.17) is 9.72 Å². The molecule has 0 unspecified atom stereocenters. The third-order valence-corrected chi connectivity index (χ3v) is 6.67. The number of ether oxygens (including phenoxy) is 1. The summed E-state index contributed by atoms with van der Waals surface area (Å²) in [5, 5.41) is 3.51. The number of carbonyl (C=O) groups is 1. The van der Waals surface area contributed by atoms with Crippen molar-refractivity contribution in [2.45, 2.75) is 46.3 Å². The molecular formula is C29H36F2N6O2U. The van der Waals surface area contributed by atoms with Crippen LogP contribution in [-0.4, -0.2) is 65.3 Å². The molecule has 3 heterocycles. The molecule has 4 rings (SSSR count). The van der Waals surface area contributed by atoms with Gasteiger partial charge >= 0.3 is 37.2 Å². The van der Waals surface area contributed by atoms with Crippen LogP contribution in [-0.2, 0) is 4.74 Å². The molecule has 0 spiro atoms. The Hall–Kier alpha value is -2.64. The second-order valence-electron chi connectivity index (χ2n) is 10.7. The van der Waals surface area contributed by atoms with Gasteiger partial charge in [-0.25, -0.2) is 18.6 Å². The molecule has 1 fully saturated rings. The van der Waals surface area contributed by atoms with Gasteiger partial charge in [0.05, 0.1) is 40.4 Å². The van der Waals surface area contributed by atoms with Crippen LogP contribution in [0.2, 0.25) is 0 Å². The van der Waals surface area contributed by atoms with Crippen LogP contribution in [0.4, 0.5) is 36.5 Å². The van der Waals surface area contributed by atoms with E-state index in [0.29, 0.717) is 55.5 Å². The number of halogens is 2. The minimum Gasteiger partial charge on any atom is -0.444 e. The Morgan fingerprint density at radius 1 is 1.18 bits per heavy atom. The fourth-order valence-electron chi connectivity index (χ4n) is 4.78. The molecule has 0 radical (unpaired) electrons. The van der Waals surface area contributed by atoms with Gasteiger partial charge in [0.2, 0.25) is 0 Å². The Kier molecular flexibility index (Phi) is 10.3. The number of piperazine rings is 1. The van der Waals surface area contributed by atoms with Gasteiger partial charge < -0.3 is 38.6 Å². The predicted molar refractivity (Wildman–Crippen MR) is 151 cm³/mol. The summed E-state index contributed by atoms with van der Waals surface area (Å²) in [5.41, 5.74) is 2.23. The van der Waals surface area contributed by atoms with Gasteiger partial charge in [0.25, 0.3) is 0 Å². The van der Waals surface area contributed by atoms with Crippen LogP contribution in [0.15, 0.2) is 30.6 Å². The van der Waals surface area contributed by atoms with E-state index < -0.39 is 17.2 Å². The predicted octanol–water partition coefficient (Wildman–Crippen LogP) is 5.88. The average Bonchev–Trinajstić information content (AvgIpc) is 2.85. The van der Waals surface area contributed by atoms with E-state index >= 15 is 4.39 Å². The van der Waals surface area contributed by atoms with Crippen LogP contribution in [0.5, 0.6) is 0 Å². The molecule has 212 valence electrons. The molecule has 0 saturated carbocycles. The molecule has 40 heavy (non-hydrogen) atoms. The molecular weight excluding hydrogens is 740 g/mol. The first kappa shape index (κ1) is 31.9. The van der Waals surface area contributed by atoms with Gasteiger partial charge in [-0.05, 0) is 40.7 Å². The van der Waals surface area contributed by atoms with E-state index in [1.54, 1.807) is 17.3 Å². The third-order valence-electron chi connectivity index (χ3n) is 6.67. The number of aromatic nitrogens is 2. The number of anilines is 4. The number of hydrogen-bond donors (Lipinski definition) is 1. The normalized spacial score (nSPS) is 15.6. The van der Waals surface area contributed by atoms with Gasteiger partial charge in [0, 0.05) is 43.4 Å². The van der Waals surface area contributed by atoms with Crippen molar-refractivity contribution in [3.8, 4) is 0 Å². The molecule has 1 aliphatic heterocycles. The summed E-state index contributed by atoms with van der Waals surface area (Å²) in [7, 11) is 0. The van der Waals surface area contributed by atoms with Crippen LogP contribution in [0, 0.1) is 63.5 Å². The van der Waals surface area contributed by atoms with Crippen molar-refractivity contribution < 1.29 is 49.4 Å². The topological polar surface area (TPSA) is 73.8 Å². The Morgan fingerprint density at radius 2 is 1.88 bits per heavy atom.